The Morgan fingerprint density at radius 1 is 1.77 bits per heavy atom. The predicted molar refractivity (Wildman–Crippen MR) is 41.6 cm³/mol. The van der Waals surface area contributed by atoms with Gasteiger partial charge in [0.2, 0.25) is 0 Å². The molecule has 7 heteroatoms. The summed E-state index contributed by atoms with van der Waals surface area (Å²) < 4.78 is 4.74. The summed E-state index contributed by atoms with van der Waals surface area (Å²) in [5, 5.41) is 11.7. The molecule has 0 aliphatic carbocycles. The van der Waals surface area contributed by atoms with E-state index in [1.54, 1.807) is 0 Å². The van der Waals surface area contributed by atoms with Crippen molar-refractivity contribution >= 4 is 12.3 Å². The number of rotatable bonds is 7. The molecule has 0 saturated heterocycles. The Hall–Kier alpha value is -1.50. The van der Waals surface area contributed by atoms with Gasteiger partial charge in [-0.2, -0.15) is 0 Å². The molecule has 74 valence electrons. The maximum Gasteiger partial charge on any atom is 0.306 e. The van der Waals surface area contributed by atoms with Crippen LogP contribution in [0, 0.1) is 4.91 Å². The summed E-state index contributed by atoms with van der Waals surface area (Å²) in [6, 6.07) is 0. The number of carbonyl (C=O) groups excluding carboxylic acids is 1. The maximum absolute atomic E-state index is 10.2. The number of carboxylic acid groups (broad SMARTS) is 1. The number of aldehydes is 1. The summed E-state index contributed by atoms with van der Waals surface area (Å²) >= 11 is 0. The molecular weight excluding hydrogens is 180 g/mol. The molecule has 0 aromatic rings. The summed E-state index contributed by atoms with van der Waals surface area (Å²) in [6.45, 7) is -0.208. The van der Waals surface area contributed by atoms with Crippen molar-refractivity contribution in [2.24, 2.45) is 5.29 Å². The zero-order valence-electron chi connectivity index (χ0n) is 7.04. The molecule has 1 atom stereocenters. The number of hydrogen-bond donors (Lipinski definition) is 1. The van der Waals surface area contributed by atoms with Crippen molar-refractivity contribution in [3.63, 3.8) is 0 Å². The molecule has 0 heterocycles. The lowest BCUT2D eigenvalue weighted by Gasteiger charge is -2.12. The van der Waals surface area contributed by atoms with Crippen molar-refractivity contribution in [2.75, 3.05) is 13.8 Å². The Labute approximate surface area is 74.2 Å². The van der Waals surface area contributed by atoms with Gasteiger partial charge < -0.3 is 14.6 Å². The normalized spacial score (nSPS) is 11.8. The van der Waals surface area contributed by atoms with E-state index in [1.807, 2.05) is 0 Å². The summed E-state index contributed by atoms with van der Waals surface area (Å²) in [6.07, 6.45) is -1.09. The minimum Gasteiger partial charge on any atom is -0.481 e. The fraction of sp³-hybridized carbons (Fsp3) is 0.667. The smallest absolute Gasteiger partial charge is 0.306 e. The average Bonchev–Trinajstić information content (AvgIpc) is 2.10. The SMILES string of the molecule is CN(COC(C=O)CC(=O)O)N=O. The van der Waals surface area contributed by atoms with E-state index in [0.29, 0.717) is 6.29 Å². The second-order valence-electron chi connectivity index (χ2n) is 2.31. The number of nitroso groups, excluding NO2 is 1. The fourth-order valence-corrected chi connectivity index (χ4v) is 0.546. The molecule has 0 rings (SSSR count). The molecule has 0 radical (unpaired) electrons. The van der Waals surface area contributed by atoms with Crippen LogP contribution in [0.1, 0.15) is 6.42 Å². The quantitative estimate of drug-likeness (QED) is 0.254. The lowest BCUT2D eigenvalue weighted by molar-refractivity contribution is -0.143. The van der Waals surface area contributed by atoms with Gasteiger partial charge in [-0.1, -0.05) is 0 Å². The van der Waals surface area contributed by atoms with E-state index in [2.05, 4.69) is 5.29 Å². The Morgan fingerprint density at radius 3 is 2.77 bits per heavy atom. The number of hydrogen-bond acceptors (Lipinski definition) is 5. The second kappa shape index (κ2) is 6.06. The monoisotopic (exact) mass is 190 g/mol. The van der Waals surface area contributed by atoms with Crippen LogP contribution in [0.25, 0.3) is 0 Å². The van der Waals surface area contributed by atoms with E-state index in [-0.39, 0.29) is 6.73 Å². The van der Waals surface area contributed by atoms with Crippen LogP contribution in [0.4, 0.5) is 0 Å². The van der Waals surface area contributed by atoms with Crippen molar-refractivity contribution in [3.8, 4) is 0 Å². The lowest BCUT2D eigenvalue weighted by atomic mass is 10.3. The molecule has 1 N–H and O–H groups in total. The molecule has 0 saturated carbocycles. The molecule has 0 amide bonds. The lowest BCUT2D eigenvalue weighted by Crippen LogP contribution is -2.25. The van der Waals surface area contributed by atoms with Crippen LogP contribution >= 0.6 is 0 Å². The van der Waals surface area contributed by atoms with Crippen molar-refractivity contribution in [2.45, 2.75) is 12.5 Å². The van der Waals surface area contributed by atoms with Gasteiger partial charge in [0.15, 0.2) is 0 Å². The largest absolute Gasteiger partial charge is 0.481 e. The zero-order valence-corrected chi connectivity index (χ0v) is 7.04. The van der Waals surface area contributed by atoms with Gasteiger partial charge in [-0.05, 0) is 0 Å². The van der Waals surface area contributed by atoms with Gasteiger partial charge >= 0.3 is 5.97 Å². The number of nitrogens with zero attached hydrogens (tertiary/aromatic N) is 2. The predicted octanol–water partition coefficient (Wildman–Crippen LogP) is -0.384. The van der Waals surface area contributed by atoms with Gasteiger partial charge in [0.1, 0.15) is 19.1 Å². The summed E-state index contributed by atoms with van der Waals surface area (Å²) in [4.78, 5) is 30.2. The van der Waals surface area contributed by atoms with Crippen molar-refractivity contribution in [3.05, 3.63) is 4.91 Å². The topological polar surface area (TPSA) is 96.3 Å². The number of aliphatic carboxylic acids is 1. The Morgan fingerprint density at radius 2 is 2.38 bits per heavy atom. The third-order valence-electron chi connectivity index (χ3n) is 1.14. The molecule has 0 aliphatic rings. The van der Waals surface area contributed by atoms with Crippen LogP contribution in [-0.2, 0) is 14.3 Å². The third-order valence-corrected chi connectivity index (χ3v) is 1.14. The molecule has 7 nitrogen and oxygen atoms in total. The van der Waals surface area contributed by atoms with E-state index in [1.165, 1.54) is 7.05 Å². The molecule has 0 aromatic carbocycles. The van der Waals surface area contributed by atoms with E-state index in [4.69, 9.17) is 9.84 Å². The number of ether oxygens (including phenoxy) is 1. The molecule has 0 spiro atoms. The second-order valence-corrected chi connectivity index (χ2v) is 2.31. The van der Waals surface area contributed by atoms with Gasteiger partial charge in [0.05, 0.1) is 11.7 Å². The minimum absolute atomic E-state index is 0.208. The van der Waals surface area contributed by atoms with E-state index in [9.17, 15) is 14.5 Å². The first-order valence-corrected chi connectivity index (χ1v) is 3.43. The first kappa shape index (κ1) is 11.5. The van der Waals surface area contributed by atoms with Crippen LogP contribution in [-0.4, -0.2) is 42.3 Å². The highest BCUT2D eigenvalue weighted by molar-refractivity contribution is 5.72. The van der Waals surface area contributed by atoms with Crippen LogP contribution in [0.15, 0.2) is 5.29 Å². The summed E-state index contributed by atoms with van der Waals surface area (Å²) in [5.41, 5.74) is 0. The molecule has 1 unspecified atom stereocenters. The van der Waals surface area contributed by atoms with E-state index in [0.717, 1.165) is 5.01 Å². The zero-order chi connectivity index (χ0) is 10.3. The summed E-state index contributed by atoms with van der Waals surface area (Å²) in [7, 11) is 1.34. The van der Waals surface area contributed by atoms with Crippen molar-refractivity contribution in [1.82, 2.24) is 5.01 Å². The van der Waals surface area contributed by atoms with Gasteiger partial charge in [-0.3, -0.25) is 4.79 Å². The fourth-order valence-electron chi connectivity index (χ4n) is 0.546. The van der Waals surface area contributed by atoms with Crippen LogP contribution in [0.2, 0.25) is 0 Å². The first-order valence-electron chi connectivity index (χ1n) is 3.43. The Balaban J connectivity index is 3.77. The Bertz CT molecular complexity index is 195. The van der Waals surface area contributed by atoms with Gasteiger partial charge in [0, 0.05) is 7.05 Å². The van der Waals surface area contributed by atoms with Crippen LogP contribution in [0.3, 0.4) is 0 Å². The molecule has 0 bridgehead atoms. The third kappa shape index (κ3) is 5.74. The maximum atomic E-state index is 10.2. The van der Waals surface area contributed by atoms with Crippen molar-refractivity contribution in [1.29, 1.82) is 0 Å². The molecule has 0 aromatic heterocycles. The standard InChI is InChI=1S/C6H10N2O5/c1-8(7-12)4-13-5(3-9)2-6(10)11/h3,5H,2,4H2,1H3,(H,10,11). The molecule has 0 fully saturated rings. The van der Waals surface area contributed by atoms with Gasteiger partial charge in [0.25, 0.3) is 0 Å². The van der Waals surface area contributed by atoms with Crippen molar-refractivity contribution < 1.29 is 19.4 Å². The minimum atomic E-state index is -1.14. The van der Waals surface area contributed by atoms with Crippen LogP contribution < -0.4 is 0 Å². The first-order chi connectivity index (χ1) is 6.10. The van der Waals surface area contributed by atoms with E-state index < -0.39 is 18.5 Å². The number of carboxylic acids is 1. The molecular formula is C6H10N2O5. The molecule has 0 aliphatic heterocycles. The highest BCUT2D eigenvalue weighted by atomic mass is 16.5. The average molecular weight is 190 g/mol. The number of carbonyl (C=O) groups is 2. The summed E-state index contributed by atoms with van der Waals surface area (Å²) in [5.74, 6) is -1.14. The highest BCUT2D eigenvalue weighted by Crippen LogP contribution is 1.96. The van der Waals surface area contributed by atoms with E-state index >= 15 is 0 Å². The highest BCUT2D eigenvalue weighted by Gasteiger charge is 2.12. The van der Waals surface area contributed by atoms with Gasteiger partial charge in [-0.15, -0.1) is 4.91 Å². The van der Waals surface area contributed by atoms with Crippen LogP contribution in [0.5, 0.6) is 0 Å². The van der Waals surface area contributed by atoms with Gasteiger partial charge in [-0.25, -0.2) is 5.01 Å². The Kier molecular flexibility index (Phi) is 5.37. The molecule has 13 heavy (non-hydrogen) atoms.